The molecule has 1 fully saturated rings. The van der Waals surface area contributed by atoms with Crippen LogP contribution in [0.2, 0.25) is 0 Å². The average molecular weight is 464 g/mol. The molecule has 2 atom stereocenters. The summed E-state index contributed by atoms with van der Waals surface area (Å²) in [5, 5.41) is 0.0277. The summed E-state index contributed by atoms with van der Waals surface area (Å²) < 4.78 is 27.3. The topological polar surface area (TPSA) is 80.2 Å². The van der Waals surface area contributed by atoms with Crippen molar-refractivity contribution in [3.05, 3.63) is 78.6 Å². The summed E-state index contributed by atoms with van der Waals surface area (Å²) in [5.74, 6) is -0.172. The van der Waals surface area contributed by atoms with E-state index >= 15 is 0 Å². The van der Waals surface area contributed by atoms with E-state index in [9.17, 15) is 13.2 Å². The van der Waals surface area contributed by atoms with E-state index in [1.54, 1.807) is 18.3 Å². The van der Waals surface area contributed by atoms with Crippen molar-refractivity contribution in [2.75, 3.05) is 13.1 Å². The number of rotatable bonds is 8. The summed E-state index contributed by atoms with van der Waals surface area (Å²) in [6.07, 6.45) is 4.47. The largest absolute Gasteiger partial charge is 0.299 e. The van der Waals surface area contributed by atoms with E-state index in [1.165, 1.54) is 16.6 Å². The van der Waals surface area contributed by atoms with Crippen LogP contribution in [0.1, 0.15) is 38.2 Å². The number of carbonyl (C=O) groups excluding carboxylic acids is 1. The average Bonchev–Trinajstić information content (AvgIpc) is 3.35. The first-order valence-corrected chi connectivity index (χ1v) is 12.8. The molecule has 1 aliphatic rings. The molecular weight excluding hydrogens is 434 g/mol. The monoisotopic (exact) mass is 463 g/mol. The Labute approximate surface area is 195 Å². The smallest absolute Gasteiger partial charge is 0.260 e. The fourth-order valence-corrected chi connectivity index (χ4v) is 5.86. The highest BCUT2D eigenvalue weighted by Crippen LogP contribution is 2.34. The van der Waals surface area contributed by atoms with Crippen molar-refractivity contribution in [1.82, 2.24) is 14.3 Å². The Morgan fingerprint density at radius 2 is 1.79 bits per heavy atom. The lowest BCUT2D eigenvalue weighted by Gasteiger charge is -2.23. The van der Waals surface area contributed by atoms with Gasteiger partial charge in [-0.3, -0.25) is 9.78 Å². The number of aromatic nitrogens is 2. The number of hydrogen-bond donors (Lipinski definition) is 0. The molecule has 3 heterocycles. The van der Waals surface area contributed by atoms with Crippen LogP contribution >= 0.6 is 0 Å². The van der Waals surface area contributed by atoms with Gasteiger partial charge in [0.2, 0.25) is 0 Å². The van der Waals surface area contributed by atoms with Crippen LogP contribution in [0, 0.1) is 11.8 Å². The van der Waals surface area contributed by atoms with Crippen molar-refractivity contribution in [2.24, 2.45) is 11.8 Å². The predicted octanol–water partition coefficient (Wildman–Crippen LogP) is 4.55. The van der Waals surface area contributed by atoms with Gasteiger partial charge >= 0.3 is 0 Å². The van der Waals surface area contributed by atoms with Crippen molar-refractivity contribution in [1.29, 1.82) is 0 Å². The van der Waals surface area contributed by atoms with Gasteiger partial charge in [-0.05, 0) is 54.7 Å². The lowest BCUT2D eigenvalue weighted by atomic mass is 9.81. The zero-order chi connectivity index (χ0) is 23.4. The SMILES string of the molecule is CC(C)CC(C(=O)C1CCN(S(=O)(=O)c2ccccn2)C1)c1cccc(-c2ccccn2)c1. The highest BCUT2D eigenvalue weighted by atomic mass is 32.2. The Morgan fingerprint density at radius 1 is 1.03 bits per heavy atom. The van der Waals surface area contributed by atoms with Crippen LogP contribution < -0.4 is 0 Å². The lowest BCUT2D eigenvalue weighted by molar-refractivity contribution is -0.124. The minimum atomic E-state index is -3.70. The first-order chi connectivity index (χ1) is 15.9. The van der Waals surface area contributed by atoms with Gasteiger partial charge in [-0.1, -0.05) is 44.2 Å². The number of ketones is 1. The molecule has 4 rings (SSSR count). The number of benzene rings is 1. The van der Waals surface area contributed by atoms with Crippen LogP contribution in [0.15, 0.2) is 78.1 Å². The Bertz CT molecular complexity index is 1200. The molecule has 0 amide bonds. The van der Waals surface area contributed by atoms with E-state index in [0.29, 0.717) is 25.3 Å². The summed E-state index contributed by atoms with van der Waals surface area (Å²) in [4.78, 5) is 22.1. The van der Waals surface area contributed by atoms with Crippen LogP contribution in [0.5, 0.6) is 0 Å². The molecule has 7 heteroatoms. The number of hydrogen-bond acceptors (Lipinski definition) is 5. The first kappa shape index (κ1) is 23.3. The van der Waals surface area contributed by atoms with E-state index in [1.807, 2.05) is 42.5 Å². The third-order valence-corrected chi connectivity index (χ3v) is 7.88. The fourth-order valence-electron chi connectivity index (χ4n) is 4.43. The zero-order valence-corrected chi connectivity index (χ0v) is 19.8. The van der Waals surface area contributed by atoms with Gasteiger partial charge in [0.05, 0.1) is 5.69 Å². The molecule has 2 aromatic heterocycles. The highest BCUT2D eigenvalue weighted by molar-refractivity contribution is 7.89. The fraction of sp³-hybridized carbons (Fsp3) is 0.346. The summed E-state index contributed by atoms with van der Waals surface area (Å²) in [6.45, 7) is 4.74. The minimum absolute atomic E-state index is 0.0277. The van der Waals surface area contributed by atoms with Gasteiger partial charge in [0.25, 0.3) is 10.0 Å². The maximum absolute atomic E-state index is 13.7. The van der Waals surface area contributed by atoms with Crippen LogP contribution in [-0.4, -0.2) is 41.6 Å². The molecule has 1 saturated heterocycles. The van der Waals surface area contributed by atoms with E-state index in [2.05, 4.69) is 23.8 Å². The molecule has 33 heavy (non-hydrogen) atoms. The van der Waals surface area contributed by atoms with Gasteiger partial charge in [0.1, 0.15) is 5.78 Å². The molecule has 0 saturated carbocycles. The van der Waals surface area contributed by atoms with Gasteiger partial charge in [-0.25, -0.2) is 13.4 Å². The van der Waals surface area contributed by atoms with Crippen LogP contribution in [-0.2, 0) is 14.8 Å². The Morgan fingerprint density at radius 3 is 2.45 bits per heavy atom. The standard InChI is InChI=1S/C26H29N3O3S/c1-19(2)16-23(20-8-7-9-21(17-20)24-10-3-5-13-27-24)26(30)22-12-15-29(18-22)33(31,32)25-11-4-6-14-28-25/h3-11,13-14,17,19,22-23H,12,15-16,18H2,1-2H3. The summed E-state index contributed by atoms with van der Waals surface area (Å²) >= 11 is 0. The molecule has 0 radical (unpaired) electrons. The second-order valence-corrected chi connectivity index (χ2v) is 10.8. The number of Topliss-reactive ketones (excluding diaryl/α,β-unsaturated/α-hetero) is 1. The zero-order valence-electron chi connectivity index (χ0n) is 19.0. The summed E-state index contributed by atoms with van der Waals surface area (Å²) in [5.41, 5.74) is 2.80. The number of carbonyl (C=O) groups is 1. The van der Waals surface area contributed by atoms with Crippen molar-refractivity contribution in [2.45, 2.75) is 37.6 Å². The van der Waals surface area contributed by atoms with Crippen molar-refractivity contribution < 1.29 is 13.2 Å². The molecule has 172 valence electrons. The van der Waals surface area contributed by atoms with E-state index in [0.717, 1.165) is 16.8 Å². The summed E-state index contributed by atoms with van der Waals surface area (Å²) in [6, 6.07) is 18.6. The second kappa shape index (κ2) is 9.93. The van der Waals surface area contributed by atoms with E-state index in [-0.39, 0.29) is 29.2 Å². The van der Waals surface area contributed by atoms with E-state index in [4.69, 9.17) is 0 Å². The molecule has 0 aliphatic carbocycles. The van der Waals surface area contributed by atoms with Gasteiger partial charge in [-0.15, -0.1) is 0 Å². The number of nitrogens with zero attached hydrogens (tertiary/aromatic N) is 3. The Hall–Kier alpha value is -2.90. The first-order valence-electron chi connectivity index (χ1n) is 11.3. The summed E-state index contributed by atoms with van der Waals surface area (Å²) in [7, 11) is -3.70. The quantitative estimate of drug-likeness (QED) is 0.489. The maximum Gasteiger partial charge on any atom is 0.260 e. The van der Waals surface area contributed by atoms with Crippen molar-refractivity contribution in [3.8, 4) is 11.3 Å². The molecule has 6 nitrogen and oxygen atoms in total. The van der Waals surface area contributed by atoms with Crippen LogP contribution in [0.4, 0.5) is 0 Å². The third-order valence-electron chi connectivity index (χ3n) is 6.10. The van der Waals surface area contributed by atoms with Gasteiger partial charge < -0.3 is 0 Å². The van der Waals surface area contributed by atoms with Crippen molar-refractivity contribution in [3.63, 3.8) is 0 Å². The van der Waals surface area contributed by atoms with Gasteiger partial charge in [-0.2, -0.15) is 4.31 Å². The molecule has 1 aromatic carbocycles. The van der Waals surface area contributed by atoms with Gasteiger partial charge in [0.15, 0.2) is 5.03 Å². The molecule has 2 unspecified atom stereocenters. The molecule has 0 spiro atoms. The predicted molar refractivity (Wildman–Crippen MR) is 128 cm³/mol. The van der Waals surface area contributed by atoms with E-state index < -0.39 is 10.0 Å². The Kier molecular flexibility index (Phi) is 7.00. The Balaban J connectivity index is 1.57. The minimum Gasteiger partial charge on any atom is -0.299 e. The normalized spacial score (nSPS) is 17.8. The third kappa shape index (κ3) is 5.20. The highest BCUT2D eigenvalue weighted by Gasteiger charge is 2.39. The van der Waals surface area contributed by atoms with Gasteiger partial charge in [0, 0.05) is 42.9 Å². The number of sulfonamides is 1. The molecule has 1 aliphatic heterocycles. The second-order valence-electron chi connectivity index (χ2n) is 8.94. The molecule has 0 N–H and O–H groups in total. The maximum atomic E-state index is 13.7. The molecule has 3 aromatic rings. The van der Waals surface area contributed by atoms with Crippen LogP contribution in [0.25, 0.3) is 11.3 Å². The van der Waals surface area contributed by atoms with Crippen LogP contribution in [0.3, 0.4) is 0 Å². The van der Waals surface area contributed by atoms with Crippen molar-refractivity contribution >= 4 is 15.8 Å². The molecular formula is C26H29N3O3S. The number of pyridine rings is 2. The lowest BCUT2D eigenvalue weighted by Crippen LogP contribution is -2.32. The molecule has 0 bridgehead atoms.